The number of nitrogens with zero attached hydrogens (tertiary/aromatic N) is 1. The first-order valence-electron chi connectivity index (χ1n) is 4.29. The van der Waals surface area contributed by atoms with E-state index >= 15 is 0 Å². The number of thiazole rings is 1. The molecule has 2 nitrogen and oxygen atoms in total. The molecule has 0 fully saturated rings. The van der Waals surface area contributed by atoms with Crippen LogP contribution in [0.2, 0.25) is 5.15 Å². The van der Waals surface area contributed by atoms with Gasteiger partial charge in [-0.2, -0.15) is 0 Å². The first-order valence-corrected chi connectivity index (χ1v) is 5.55. The molecule has 0 unspecified atom stereocenters. The Kier molecular flexibility index (Phi) is 2.88. The van der Waals surface area contributed by atoms with E-state index in [-0.39, 0.29) is 5.82 Å². The Morgan fingerprint density at radius 2 is 2.27 bits per heavy atom. The van der Waals surface area contributed by atoms with Crippen molar-refractivity contribution in [2.45, 2.75) is 6.92 Å². The largest absolute Gasteiger partial charge is 0.329 e. The Hall–Kier alpha value is -1.13. The lowest BCUT2D eigenvalue weighted by atomic mass is 10.2. The van der Waals surface area contributed by atoms with Crippen molar-refractivity contribution in [1.29, 1.82) is 0 Å². The summed E-state index contributed by atoms with van der Waals surface area (Å²) in [7, 11) is 0. The summed E-state index contributed by atoms with van der Waals surface area (Å²) in [4.78, 5) is 3.98. The van der Waals surface area contributed by atoms with Gasteiger partial charge in [0.25, 0.3) is 0 Å². The highest BCUT2D eigenvalue weighted by Gasteiger charge is 2.04. The SMILES string of the molecule is Cc1ccc(Nc2nc(Cl)cs2)c(F)c1. The normalized spacial score (nSPS) is 10.3. The van der Waals surface area contributed by atoms with Gasteiger partial charge in [-0.05, 0) is 24.6 Å². The molecule has 0 aliphatic carbocycles. The van der Waals surface area contributed by atoms with Crippen LogP contribution in [0.5, 0.6) is 0 Å². The van der Waals surface area contributed by atoms with Gasteiger partial charge < -0.3 is 5.32 Å². The summed E-state index contributed by atoms with van der Waals surface area (Å²) in [5.74, 6) is -0.290. The maximum absolute atomic E-state index is 13.4. The van der Waals surface area contributed by atoms with Crippen molar-refractivity contribution in [1.82, 2.24) is 4.98 Å². The molecule has 78 valence electrons. The second-order valence-corrected chi connectivity index (χ2v) is 4.33. The van der Waals surface area contributed by atoms with E-state index in [9.17, 15) is 4.39 Å². The van der Waals surface area contributed by atoms with Crippen LogP contribution in [0.25, 0.3) is 0 Å². The second kappa shape index (κ2) is 4.16. The number of anilines is 2. The van der Waals surface area contributed by atoms with Crippen LogP contribution in [0.15, 0.2) is 23.6 Å². The molecule has 0 radical (unpaired) electrons. The molecule has 15 heavy (non-hydrogen) atoms. The summed E-state index contributed by atoms with van der Waals surface area (Å²) < 4.78 is 13.4. The zero-order chi connectivity index (χ0) is 10.8. The fourth-order valence-electron chi connectivity index (χ4n) is 1.15. The van der Waals surface area contributed by atoms with Crippen LogP contribution in [0.1, 0.15) is 5.56 Å². The third kappa shape index (κ3) is 2.46. The van der Waals surface area contributed by atoms with Crippen LogP contribution in [0, 0.1) is 12.7 Å². The molecule has 0 saturated carbocycles. The summed E-state index contributed by atoms with van der Waals surface area (Å²) in [6.45, 7) is 1.84. The number of nitrogens with one attached hydrogen (secondary N) is 1. The molecule has 0 saturated heterocycles. The van der Waals surface area contributed by atoms with Crippen molar-refractivity contribution in [3.05, 3.63) is 40.1 Å². The van der Waals surface area contributed by atoms with E-state index in [4.69, 9.17) is 11.6 Å². The predicted molar refractivity (Wildman–Crippen MR) is 61.5 cm³/mol. The Bertz CT molecular complexity index is 484. The number of aryl methyl sites for hydroxylation is 1. The number of aromatic nitrogens is 1. The maximum atomic E-state index is 13.4. The highest BCUT2D eigenvalue weighted by atomic mass is 35.5. The highest BCUT2D eigenvalue weighted by molar-refractivity contribution is 7.14. The van der Waals surface area contributed by atoms with Crippen molar-refractivity contribution in [2.75, 3.05) is 5.32 Å². The molecule has 1 aromatic carbocycles. The molecule has 0 aliphatic rings. The van der Waals surface area contributed by atoms with Gasteiger partial charge in [0.2, 0.25) is 0 Å². The third-order valence-corrected chi connectivity index (χ3v) is 2.92. The van der Waals surface area contributed by atoms with E-state index in [1.807, 2.05) is 13.0 Å². The number of hydrogen-bond acceptors (Lipinski definition) is 3. The molecule has 1 aromatic heterocycles. The van der Waals surface area contributed by atoms with Gasteiger partial charge in [-0.25, -0.2) is 9.37 Å². The lowest BCUT2D eigenvalue weighted by Gasteiger charge is -2.04. The molecule has 1 N–H and O–H groups in total. The van der Waals surface area contributed by atoms with E-state index in [2.05, 4.69) is 10.3 Å². The van der Waals surface area contributed by atoms with Gasteiger partial charge in [-0.3, -0.25) is 0 Å². The first kappa shape index (κ1) is 10.4. The summed E-state index contributed by atoms with van der Waals surface area (Å²) in [5.41, 5.74) is 1.29. The minimum atomic E-state index is -0.290. The van der Waals surface area contributed by atoms with E-state index < -0.39 is 0 Å². The maximum Gasteiger partial charge on any atom is 0.188 e. The summed E-state index contributed by atoms with van der Waals surface area (Å²) in [5, 5.41) is 5.56. The molecule has 1 heterocycles. The molecule has 2 aromatic rings. The minimum absolute atomic E-state index is 0.290. The van der Waals surface area contributed by atoms with Crippen molar-refractivity contribution >= 4 is 33.8 Å². The Balaban J connectivity index is 2.24. The zero-order valence-electron chi connectivity index (χ0n) is 7.92. The summed E-state index contributed by atoms with van der Waals surface area (Å²) in [6.07, 6.45) is 0. The number of rotatable bonds is 2. The molecule has 0 bridgehead atoms. The van der Waals surface area contributed by atoms with E-state index in [1.54, 1.807) is 11.4 Å². The monoisotopic (exact) mass is 242 g/mol. The second-order valence-electron chi connectivity index (χ2n) is 3.08. The fraction of sp³-hybridized carbons (Fsp3) is 0.100. The molecule has 5 heteroatoms. The molecule has 0 spiro atoms. The summed E-state index contributed by atoms with van der Waals surface area (Å²) in [6, 6.07) is 4.98. The van der Waals surface area contributed by atoms with Crippen LogP contribution in [0.3, 0.4) is 0 Å². The van der Waals surface area contributed by atoms with Crippen molar-refractivity contribution < 1.29 is 4.39 Å². The van der Waals surface area contributed by atoms with E-state index in [1.165, 1.54) is 17.4 Å². The quantitative estimate of drug-likeness (QED) is 0.861. The predicted octanol–water partition coefficient (Wildman–Crippen LogP) is 3.99. The Morgan fingerprint density at radius 1 is 1.47 bits per heavy atom. The van der Waals surface area contributed by atoms with Gasteiger partial charge in [-0.1, -0.05) is 17.7 Å². The van der Waals surface area contributed by atoms with E-state index in [0.717, 1.165) is 5.56 Å². The average Bonchev–Trinajstić information content (AvgIpc) is 2.56. The van der Waals surface area contributed by atoms with Crippen LogP contribution < -0.4 is 5.32 Å². The number of halogens is 2. The molecule has 2 rings (SSSR count). The van der Waals surface area contributed by atoms with Gasteiger partial charge >= 0.3 is 0 Å². The zero-order valence-corrected chi connectivity index (χ0v) is 9.49. The van der Waals surface area contributed by atoms with Gasteiger partial charge in [-0.15, -0.1) is 11.3 Å². The third-order valence-electron chi connectivity index (χ3n) is 1.84. The molecule has 0 amide bonds. The number of hydrogen-bond donors (Lipinski definition) is 1. The van der Waals surface area contributed by atoms with Crippen LogP contribution in [0.4, 0.5) is 15.2 Å². The van der Waals surface area contributed by atoms with E-state index in [0.29, 0.717) is 16.0 Å². The van der Waals surface area contributed by atoms with Crippen LogP contribution in [-0.4, -0.2) is 4.98 Å². The molecular weight excluding hydrogens is 235 g/mol. The standard InChI is InChI=1S/C10H8ClFN2S/c1-6-2-3-8(7(12)4-6)13-10-14-9(11)5-15-10/h2-5H,1H3,(H,13,14). The Morgan fingerprint density at radius 3 is 2.87 bits per heavy atom. The molecule has 0 aliphatic heterocycles. The smallest absolute Gasteiger partial charge is 0.188 e. The fourth-order valence-corrected chi connectivity index (χ4v) is 2.00. The van der Waals surface area contributed by atoms with Gasteiger partial charge in [0, 0.05) is 5.38 Å². The minimum Gasteiger partial charge on any atom is -0.329 e. The lowest BCUT2D eigenvalue weighted by molar-refractivity contribution is 0.630. The van der Waals surface area contributed by atoms with Crippen molar-refractivity contribution in [2.24, 2.45) is 0 Å². The van der Waals surface area contributed by atoms with Gasteiger partial charge in [0.15, 0.2) is 5.13 Å². The van der Waals surface area contributed by atoms with Gasteiger partial charge in [0.05, 0.1) is 5.69 Å². The lowest BCUT2D eigenvalue weighted by Crippen LogP contribution is -1.93. The molecular formula is C10H8ClFN2S. The van der Waals surface area contributed by atoms with Crippen LogP contribution in [-0.2, 0) is 0 Å². The first-order chi connectivity index (χ1) is 7.15. The van der Waals surface area contributed by atoms with Crippen molar-refractivity contribution in [3.63, 3.8) is 0 Å². The molecule has 0 atom stereocenters. The topological polar surface area (TPSA) is 24.9 Å². The summed E-state index contributed by atoms with van der Waals surface area (Å²) >= 11 is 6.99. The van der Waals surface area contributed by atoms with Crippen molar-refractivity contribution in [3.8, 4) is 0 Å². The average molecular weight is 243 g/mol. The number of benzene rings is 1. The van der Waals surface area contributed by atoms with Gasteiger partial charge in [0.1, 0.15) is 11.0 Å². The Labute approximate surface area is 95.7 Å². The van der Waals surface area contributed by atoms with Crippen LogP contribution >= 0.6 is 22.9 Å². The highest BCUT2D eigenvalue weighted by Crippen LogP contribution is 2.25.